The molecule has 0 radical (unpaired) electrons. The Balaban J connectivity index is 2.48. The molecule has 0 atom stereocenters. The number of nitrogens with zero attached hydrogens (tertiary/aromatic N) is 2. The van der Waals surface area contributed by atoms with E-state index in [2.05, 4.69) is 9.97 Å². The van der Waals surface area contributed by atoms with E-state index in [4.69, 9.17) is 9.52 Å². The summed E-state index contributed by atoms with van der Waals surface area (Å²) in [5, 5.41) is 8.83. The molecule has 0 fully saturated rings. The molecule has 0 aliphatic heterocycles. The molecule has 1 N–H and O–H groups in total. The van der Waals surface area contributed by atoms with Crippen LogP contribution in [0.2, 0.25) is 0 Å². The number of aryl methyl sites for hydroxylation is 1. The van der Waals surface area contributed by atoms with E-state index in [9.17, 15) is 4.79 Å². The molecule has 76 valence electrons. The van der Waals surface area contributed by atoms with Crippen molar-refractivity contribution in [2.75, 3.05) is 0 Å². The van der Waals surface area contributed by atoms with Crippen LogP contribution in [0, 0.1) is 6.92 Å². The molecular weight excluding hydrogens is 196 g/mol. The molecule has 0 aromatic carbocycles. The normalized spacial score (nSPS) is 10.2. The lowest BCUT2D eigenvalue weighted by molar-refractivity contribution is 0.0695. The van der Waals surface area contributed by atoms with E-state index in [1.54, 1.807) is 19.3 Å². The molecule has 2 aromatic rings. The number of hydrogen-bond donors (Lipinski definition) is 1. The minimum absolute atomic E-state index is 0.161. The van der Waals surface area contributed by atoms with Gasteiger partial charge in [-0.3, -0.25) is 0 Å². The first kappa shape index (κ1) is 9.39. The molecular formula is C10H8N2O3. The van der Waals surface area contributed by atoms with E-state index in [1.165, 1.54) is 12.4 Å². The van der Waals surface area contributed by atoms with E-state index in [-0.39, 0.29) is 5.56 Å². The molecule has 5 heteroatoms. The van der Waals surface area contributed by atoms with Gasteiger partial charge in [0.25, 0.3) is 0 Å². The average Bonchev–Trinajstić information content (AvgIpc) is 2.62. The Bertz CT molecular complexity index is 491. The summed E-state index contributed by atoms with van der Waals surface area (Å²) in [6.07, 6.45) is 4.53. The van der Waals surface area contributed by atoms with Crippen molar-refractivity contribution < 1.29 is 14.3 Å². The third-order valence-corrected chi connectivity index (χ3v) is 1.99. The van der Waals surface area contributed by atoms with Crippen molar-refractivity contribution in [1.82, 2.24) is 9.97 Å². The fraction of sp³-hybridized carbons (Fsp3) is 0.100. The summed E-state index contributed by atoms with van der Waals surface area (Å²) in [4.78, 5) is 18.4. The lowest BCUT2D eigenvalue weighted by Crippen LogP contribution is -1.94. The van der Waals surface area contributed by atoms with Crippen LogP contribution in [0.5, 0.6) is 0 Å². The summed E-state index contributed by atoms with van der Waals surface area (Å²) in [6.45, 7) is 1.61. The number of furan rings is 1. The average molecular weight is 204 g/mol. The maximum absolute atomic E-state index is 10.8. The van der Waals surface area contributed by atoms with Crippen molar-refractivity contribution in [2.45, 2.75) is 6.92 Å². The molecule has 15 heavy (non-hydrogen) atoms. The van der Waals surface area contributed by atoms with Crippen molar-refractivity contribution in [1.29, 1.82) is 0 Å². The molecule has 2 rings (SSSR count). The van der Waals surface area contributed by atoms with Crippen molar-refractivity contribution in [3.63, 3.8) is 0 Å². The summed E-state index contributed by atoms with van der Waals surface area (Å²) in [7, 11) is 0. The van der Waals surface area contributed by atoms with Crippen LogP contribution in [0.4, 0.5) is 0 Å². The highest BCUT2D eigenvalue weighted by molar-refractivity contribution is 5.90. The Morgan fingerprint density at radius 3 is 2.60 bits per heavy atom. The van der Waals surface area contributed by atoms with Gasteiger partial charge in [0.15, 0.2) is 0 Å². The van der Waals surface area contributed by atoms with Gasteiger partial charge in [0.1, 0.15) is 23.4 Å². The summed E-state index contributed by atoms with van der Waals surface area (Å²) < 4.78 is 5.30. The number of carboxylic acids is 1. The zero-order chi connectivity index (χ0) is 10.8. The lowest BCUT2D eigenvalue weighted by atomic mass is 10.2. The first-order valence-corrected chi connectivity index (χ1v) is 4.27. The lowest BCUT2D eigenvalue weighted by Gasteiger charge is -1.92. The summed E-state index contributed by atoms with van der Waals surface area (Å²) >= 11 is 0. The zero-order valence-corrected chi connectivity index (χ0v) is 7.97. The van der Waals surface area contributed by atoms with Gasteiger partial charge >= 0.3 is 5.97 Å². The van der Waals surface area contributed by atoms with E-state index in [0.717, 1.165) is 0 Å². The molecule has 0 bridgehead atoms. The molecule has 0 spiro atoms. The van der Waals surface area contributed by atoms with Crippen LogP contribution in [0.3, 0.4) is 0 Å². The first-order chi connectivity index (χ1) is 7.18. The van der Waals surface area contributed by atoms with E-state index >= 15 is 0 Å². The maximum atomic E-state index is 10.8. The van der Waals surface area contributed by atoms with Gasteiger partial charge in [0, 0.05) is 12.4 Å². The van der Waals surface area contributed by atoms with Crippen molar-refractivity contribution >= 4 is 5.97 Å². The largest absolute Gasteiger partial charge is 0.478 e. The highest BCUT2D eigenvalue weighted by atomic mass is 16.4. The molecule has 5 nitrogen and oxygen atoms in total. The van der Waals surface area contributed by atoms with Crippen LogP contribution >= 0.6 is 0 Å². The molecule has 0 saturated heterocycles. The minimum atomic E-state index is -1.00. The van der Waals surface area contributed by atoms with Crippen LogP contribution in [0.15, 0.2) is 29.2 Å². The SMILES string of the molecule is Cc1oc(-c2cncnc2)cc1C(=O)O. The van der Waals surface area contributed by atoms with Gasteiger partial charge in [-0.1, -0.05) is 0 Å². The van der Waals surface area contributed by atoms with Crippen LogP contribution in [0.1, 0.15) is 16.1 Å². The number of carbonyl (C=O) groups is 1. The Morgan fingerprint density at radius 1 is 1.40 bits per heavy atom. The Morgan fingerprint density at radius 2 is 2.07 bits per heavy atom. The highest BCUT2D eigenvalue weighted by Gasteiger charge is 2.14. The van der Waals surface area contributed by atoms with Gasteiger partial charge < -0.3 is 9.52 Å². The van der Waals surface area contributed by atoms with E-state index in [0.29, 0.717) is 17.1 Å². The fourth-order valence-electron chi connectivity index (χ4n) is 1.26. The minimum Gasteiger partial charge on any atom is -0.478 e. The molecule has 0 saturated carbocycles. The summed E-state index contributed by atoms with van der Waals surface area (Å²) in [6, 6.07) is 1.47. The van der Waals surface area contributed by atoms with Gasteiger partial charge in [0.05, 0.1) is 5.56 Å². The molecule has 2 heterocycles. The third-order valence-electron chi connectivity index (χ3n) is 1.99. The monoisotopic (exact) mass is 204 g/mol. The quantitative estimate of drug-likeness (QED) is 0.806. The fourth-order valence-corrected chi connectivity index (χ4v) is 1.26. The third kappa shape index (κ3) is 1.71. The van der Waals surface area contributed by atoms with Gasteiger partial charge in [-0.15, -0.1) is 0 Å². The smallest absolute Gasteiger partial charge is 0.339 e. The zero-order valence-electron chi connectivity index (χ0n) is 7.97. The summed E-state index contributed by atoms with van der Waals surface area (Å²) in [5.41, 5.74) is 0.821. The number of rotatable bonds is 2. The highest BCUT2D eigenvalue weighted by Crippen LogP contribution is 2.23. The van der Waals surface area contributed by atoms with Crippen LogP contribution in [-0.4, -0.2) is 21.0 Å². The predicted octanol–water partition coefficient (Wildman–Crippen LogP) is 1.74. The Hall–Kier alpha value is -2.17. The topological polar surface area (TPSA) is 76.2 Å². The van der Waals surface area contributed by atoms with Crippen LogP contribution in [-0.2, 0) is 0 Å². The molecule has 0 unspecified atom stereocenters. The molecule has 0 amide bonds. The van der Waals surface area contributed by atoms with Crippen molar-refractivity contribution in [3.05, 3.63) is 36.1 Å². The van der Waals surface area contributed by atoms with Crippen LogP contribution in [0.25, 0.3) is 11.3 Å². The Kier molecular flexibility index (Phi) is 2.21. The van der Waals surface area contributed by atoms with Crippen molar-refractivity contribution in [3.8, 4) is 11.3 Å². The Labute approximate surface area is 85.4 Å². The number of aromatic nitrogens is 2. The maximum Gasteiger partial charge on any atom is 0.339 e. The second kappa shape index (κ2) is 3.53. The second-order valence-electron chi connectivity index (χ2n) is 3.01. The second-order valence-corrected chi connectivity index (χ2v) is 3.01. The number of hydrogen-bond acceptors (Lipinski definition) is 4. The molecule has 0 aliphatic carbocycles. The van der Waals surface area contributed by atoms with Gasteiger partial charge in [-0.05, 0) is 13.0 Å². The van der Waals surface area contributed by atoms with E-state index < -0.39 is 5.97 Å². The van der Waals surface area contributed by atoms with Gasteiger partial charge in [-0.25, -0.2) is 14.8 Å². The van der Waals surface area contributed by atoms with E-state index in [1.807, 2.05) is 0 Å². The number of carboxylic acid groups (broad SMARTS) is 1. The van der Waals surface area contributed by atoms with Gasteiger partial charge in [0.2, 0.25) is 0 Å². The predicted molar refractivity (Wildman–Crippen MR) is 51.4 cm³/mol. The van der Waals surface area contributed by atoms with Gasteiger partial charge in [-0.2, -0.15) is 0 Å². The number of aromatic carboxylic acids is 1. The molecule has 2 aromatic heterocycles. The van der Waals surface area contributed by atoms with Crippen LogP contribution < -0.4 is 0 Å². The van der Waals surface area contributed by atoms with Crippen molar-refractivity contribution in [2.24, 2.45) is 0 Å². The summed E-state index contributed by atoms with van der Waals surface area (Å²) in [5.74, 6) is -0.161. The molecule has 0 aliphatic rings. The first-order valence-electron chi connectivity index (χ1n) is 4.27. The standard InChI is InChI=1S/C10H8N2O3/c1-6-8(10(13)14)2-9(15-6)7-3-11-5-12-4-7/h2-5H,1H3,(H,13,14).